The first kappa shape index (κ1) is 20.6. The molecule has 156 valence electrons. The normalized spacial score (nSPS) is 15.7. The highest BCUT2D eigenvalue weighted by molar-refractivity contribution is 5.80. The Morgan fingerprint density at radius 2 is 1.83 bits per heavy atom. The molecule has 0 amide bonds. The summed E-state index contributed by atoms with van der Waals surface area (Å²) in [7, 11) is 6.69. The summed E-state index contributed by atoms with van der Waals surface area (Å²) in [6.45, 7) is 1.36. The second-order valence-electron chi connectivity index (χ2n) is 6.63. The molecular formula is C22H29N3O4. The zero-order chi connectivity index (χ0) is 20.6. The van der Waals surface area contributed by atoms with Crippen molar-refractivity contribution in [1.29, 1.82) is 0 Å². The van der Waals surface area contributed by atoms with Gasteiger partial charge in [0, 0.05) is 43.3 Å². The lowest BCUT2D eigenvalue weighted by Gasteiger charge is -2.28. The van der Waals surface area contributed by atoms with E-state index in [9.17, 15) is 0 Å². The Morgan fingerprint density at radius 1 is 1.10 bits per heavy atom. The van der Waals surface area contributed by atoms with Crippen molar-refractivity contribution >= 4 is 5.96 Å². The molecule has 1 aliphatic heterocycles. The van der Waals surface area contributed by atoms with E-state index in [1.165, 1.54) is 0 Å². The number of fused-ring (bicyclic) bond motifs is 1. The van der Waals surface area contributed by atoms with E-state index >= 15 is 0 Å². The third-order valence-corrected chi connectivity index (χ3v) is 4.98. The second-order valence-corrected chi connectivity index (χ2v) is 6.63. The van der Waals surface area contributed by atoms with Crippen LogP contribution in [0, 0.1) is 0 Å². The molecule has 0 bridgehead atoms. The Hall–Kier alpha value is -3.09. The summed E-state index contributed by atoms with van der Waals surface area (Å²) in [6, 6.07) is 12.0. The van der Waals surface area contributed by atoms with Gasteiger partial charge in [-0.3, -0.25) is 4.99 Å². The Bertz CT molecular complexity index is 829. The first-order chi connectivity index (χ1) is 14.2. The number of guanidine groups is 1. The summed E-state index contributed by atoms with van der Waals surface area (Å²) in [5.41, 5.74) is 2.13. The van der Waals surface area contributed by atoms with E-state index in [-0.39, 0.29) is 6.04 Å². The van der Waals surface area contributed by atoms with Gasteiger partial charge in [0.25, 0.3) is 0 Å². The highest BCUT2D eigenvalue weighted by atomic mass is 16.5. The van der Waals surface area contributed by atoms with Gasteiger partial charge in [-0.2, -0.15) is 0 Å². The smallest absolute Gasteiger partial charge is 0.191 e. The zero-order valence-corrected chi connectivity index (χ0v) is 17.5. The molecule has 0 fully saturated rings. The molecule has 0 spiro atoms. The van der Waals surface area contributed by atoms with Gasteiger partial charge in [-0.25, -0.2) is 0 Å². The number of rotatable bonds is 7. The fraction of sp³-hybridized carbons (Fsp3) is 0.409. The van der Waals surface area contributed by atoms with Crippen LogP contribution >= 0.6 is 0 Å². The summed E-state index contributed by atoms with van der Waals surface area (Å²) < 4.78 is 22.1. The second kappa shape index (κ2) is 9.91. The molecule has 2 N–H and O–H groups in total. The Labute approximate surface area is 172 Å². The summed E-state index contributed by atoms with van der Waals surface area (Å²) in [5, 5.41) is 6.88. The number of hydrogen-bond acceptors (Lipinski definition) is 5. The van der Waals surface area contributed by atoms with Gasteiger partial charge in [-0.1, -0.05) is 18.2 Å². The first-order valence-corrected chi connectivity index (χ1v) is 9.68. The lowest BCUT2D eigenvalue weighted by molar-refractivity contribution is 0.261. The van der Waals surface area contributed by atoms with Gasteiger partial charge in [0.05, 0.1) is 34.0 Å². The number of para-hydroxylation sites is 1. The van der Waals surface area contributed by atoms with Gasteiger partial charge in [0.1, 0.15) is 23.0 Å². The van der Waals surface area contributed by atoms with Crippen LogP contribution < -0.4 is 29.6 Å². The molecule has 2 aromatic carbocycles. The maximum Gasteiger partial charge on any atom is 0.191 e. The molecule has 0 aliphatic carbocycles. The number of ether oxygens (including phenoxy) is 4. The number of benzene rings is 2. The summed E-state index contributed by atoms with van der Waals surface area (Å²) in [6.07, 6.45) is 1.60. The Balaban J connectivity index is 1.64. The Morgan fingerprint density at radius 3 is 2.48 bits per heavy atom. The average Bonchev–Trinajstić information content (AvgIpc) is 2.78. The van der Waals surface area contributed by atoms with E-state index in [1.54, 1.807) is 28.4 Å². The van der Waals surface area contributed by atoms with Gasteiger partial charge in [-0.15, -0.1) is 0 Å². The molecule has 1 atom stereocenters. The molecule has 1 aliphatic rings. The third-order valence-electron chi connectivity index (χ3n) is 4.98. The molecule has 0 saturated heterocycles. The maximum atomic E-state index is 5.74. The molecule has 2 aromatic rings. The molecule has 7 heteroatoms. The van der Waals surface area contributed by atoms with Crippen molar-refractivity contribution in [3.05, 3.63) is 47.5 Å². The van der Waals surface area contributed by atoms with Crippen molar-refractivity contribution in [3.8, 4) is 23.0 Å². The van der Waals surface area contributed by atoms with Crippen LogP contribution in [-0.4, -0.2) is 47.5 Å². The molecule has 1 unspecified atom stereocenters. The van der Waals surface area contributed by atoms with Gasteiger partial charge in [-0.05, 0) is 12.5 Å². The molecule has 0 radical (unpaired) electrons. The van der Waals surface area contributed by atoms with E-state index in [0.29, 0.717) is 25.3 Å². The minimum Gasteiger partial charge on any atom is -0.496 e. The largest absolute Gasteiger partial charge is 0.496 e. The van der Waals surface area contributed by atoms with E-state index in [2.05, 4.69) is 21.7 Å². The number of nitrogens with zero attached hydrogens (tertiary/aromatic N) is 1. The molecule has 7 nitrogen and oxygen atoms in total. The first-order valence-electron chi connectivity index (χ1n) is 9.68. The standard InChI is InChI=1S/C22H29N3O4/c1-23-22(25-18-10-12-29-19-8-6-5-7-16(18)19)24-11-9-17-20(27-3)13-15(26-2)14-21(17)28-4/h5-8,13-14,18H,9-12H2,1-4H3,(H2,23,24,25). The molecule has 0 aromatic heterocycles. The van der Waals surface area contributed by atoms with Crippen molar-refractivity contribution in [1.82, 2.24) is 10.6 Å². The van der Waals surface area contributed by atoms with Crippen LogP contribution in [0.2, 0.25) is 0 Å². The van der Waals surface area contributed by atoms with Crippen molar-refractivity contribution in [2.24, 2.45) is 4.99 Å². The van der Waals surface area contributed by atoms with E-state index < -0.39 is 0 Å². The summed E-state index contributed by atoms with van der Waals surface area (Å²) >= 11 is 0. The Kier molecular flexibility index (Phi) is 7.05. The van der Waals surface area contributed by atoms with Crippen LogP contribution in [0.5, 0.6) is 23.0 Å². The minimum atomic E-state index is 0.163. The summed E-state index contributed by atoms with van der Waals surface area (Å²) in [4.78, 5) is 4.37. The molecule has 1 heterocycles. The van der Waals surface area contributed by atoms with E-state index in [4.69, 9.17) is 18.9 Å². The van der Waals surface area contributed by atoms with Gasteiger partial charge < -0.3 is 29.6 Å². The lowest BCUT2D eigenvalue weighted by Crippen LogP contribution is -2.41. The van der Waals surface area contributed by atoms with Crippen LogP contribution in [0.4, 0.5) is 0 Å². The number of nitrogens with one attached hydrogen (secondary N) is 2. The predicted molar refractivity (Wildman–Crippen MR) is 114 cm³/mol. The molecule has 29 heavy (non-hydrogen) atoms. The number of hydrogen-bond donors (Lipinski definition) is 2. The molecule has 0 saturated carbocycles. The fourth-order valence-corrected chi connectivity index (χ4v) is 3.48. The minimum absolute atomic E-state index is 0.163. The van der Waals surface area contributed by atoms with Crippen LogP contribution in [0.15, 0.2) is 41.4 Å². The summed E-state index contributed by atoms with van der Waals surface area (Å²) in [5.74, 6) is 3.86. The van der Waals surface area contributed by atoms with Gasteiger partial charge in [0.15, 0.2) is 5.96 Å². The van der Waals surface area contributed by atoms with Crippen molar-refractivity contribution < 1.29 is 18.9 Å². The SMILES string of the molecule is CN=C(NCCc1c(OC)cc(OC)cc1OC)NC1CCOc2ccccc21. The zero-order valence-electron chi connectivity index (χ0n) is 17.5. The van der Waals surface area contributed by atoms with Crippen LogP contribution in [0.1, 0.15) is 23.6 Å². The highest BCUT2D eigenvalue weighted by Gasteiger charge is 2.22. The monoisotopic (exact) mass is 399 g/mol. The van der Waals surface area contributed by atoms with Crippen LogP contribution in [-0.2, 0) is 6.42 Å². The van der Waals surface area contributed by atoms with Gasteiger partial charge in [0.2, 0.25) is 0 Å². The fourth-order valence-electron chi connectivity index (χ4n) is 3.48. The topological polar surface area (TPSA) is 73.3 Å². The third kappa shape index (κ3) is 4.85. The lowest BCUT2D eigenvalue weighted by atomic mass is 10.0. The highest BCUT2D eigenvalue weighted by Crippen LogP contribution is 2.34. The molecular weight excluding hydrogens is 370 g/mol. The number of aliphatic imine (C=N–C) groups is 1. The van der Waals surface area contributed by atoms with E-state index in [0.717, 1.165) is 40.8 Å². The van der Waals surface area contributed by atoms with Crippen molar-refractivity contribution in [3.63, 3.8) is 0 Å². The predicted octanol–water partition coefficient (Wildman–Crippen LogP) is 2.94. The number of methoxy groups -OCH3 is 3. The van der Waals surface area contributed by atoms with Crippen LogP contribution in [0.25, 0.3) is 0 Å². The van der Waals surface area contributed by atoms with Crippen LogP contribution in [0.3, 0.4) is 0 Å². The maximum absolute atomic E-state index is 5.74. The quantitative estimate of drug-likeness (QED) is 0.551. The van der Waals surface area contributed by atoms with Crippen molar-refractivity contribution in [2.75, 3.05) is 41.5 Å². The average molecular weight is 399 g/mol. The molecule has 3 rings (SSSR count). The van der Waals surface area contributed by atoms with Gasteiger partial charge >= 0.3 is 0 Å². The van der Waals surface area contributed by atoms with E-state index in [1.807, 2.05) is 30.3 Å². The van der Waals surface area contributed by atoms with Crippen molar-refractivity contribution in [2.45, 2.75) is 18.9 Å².